The number of pyridine rings is 3. The summed E-state index contributed by atoms with van der Waals surface area (Å²) in [6, 6.07) is 8.58. The van der Waals surface area contributed by atoms with Crippen molar-refractivity contribution in [2.45, 2.75) is 6.18 Å². The highest BCUT2D eigenvalue weighted by Gasteiger charge is 2.31. The zero-order valence-electron chi connectivity index (χ0n) is 13.9. The van der Waals surface area contributed by atoms with E-state index in [4.69, 9.17) is 11.6 Å². The summed E-state index contributed by atoms with van der Waals surface area (Å²) < 4.78 is 37.9. The fraction of sp³-hybridized carbons (Fsp3) is 0.0556. The molecule has 10 heteroatoms. The van der Waals surface area contributed by atoms with Crippen LogP contribution in [0.3, 0.4) is 0 Å². The molecule has 0 aliphatic rings. The van der Waals surface area contributed by atoms with E-state index >= 15 is 0 Å². The van der Waals surface area contributed by atoms with Crippen molar-refractivity contribution in [1.82, 2.24) is 24.9 Å². The number of alkyl halides is 3. The Kier molecular flexibility index (Phi) is 4.52. The van der Waals surface area contributed by atoms with E-state index in [9.17, 15) is 13.2 Å². The molecule has 4 rings (SSSR count). The van der Waals surface area contributed by atoms with Crippen molar-refractivity contribution in [3.63, 3.8) is 0 Å². The summed E-state index contributed by atoms with van der Waals surface area (Å²) in [5.74, 6) is 0.0253. The highest BCUT2D eigenvalue weighted by Crippen LogP contribution is 2.30. The summed E-state index contributed by atoms with van der Waals surface area (Å²) in [6.45, 7) is 0. The molecule has 4 heterocycles. The second kappa shape index (κ2) is 7.01. The van der Waals surface area contributed by atoms with Gasteiger partial charge in [0.05, 0.1) is 22.0 Å². The van der Waals surface area contributed by atoms with E-state index < -0.39 is 11.7 Å². The molecule has 0 atom stereocenters. The third-order valence-corrected chi connectivity index (χ3v) is 4.14. The van der Waals surface area contributed by atoms with Crippen molar-refractivity contribution in [1.29, 1.82) is 0 Å². The maximum Gasteiger partial charge on any atom is 0.419 e. The minimum Gasteiger partial charge on any atom is -0.323 e. The van der Waals surface area contributed by atoms with Crippen LogP contribution in [-0.2, 0) is 6.18 Å². The van der Waals surface area contributed by atoms with Crippen LogP contribution in [0.1, 0.15) is 5.56 Å². The van der Waals surface area contributed by atoms with E-state index in [0.29, 0.717) is 33.1 Å². The number of hydrogen-bond donors (Lipinski definition) is 1. The highest BCUT2D eigenvalue weighted by molar-refractivity contribution is 6.32. The number of fused-ring (bicyclic) bond motifs is 1. The van der Waals surface area contributed by atoms with Crippen LogP contribution in [0.25, 0.3) is 22.4 Å². The normalized spacial score (nSPS) is 11.6. The third kappa shape index (κ3) is 3.56. The molecule has 0 aromatic carbocycles. The lowest BCUT2D eigenvalue weighted by Gasteiger charge is -2.10. The number of anilines is 2. The SMILES string of the molecule is FC(F)(F)c1cnc(Nc2ccnc3nc(-c4ncccc4Cl)ccc23)nc1. The summed E-state index contributed by atoms with van der Waals surface area (Å²) >= 11 is 6.16. The zero-order valence-corrected chi connectivity index (χ0v) is 14.7. The lowest BCUT2D eigenvalue weighted by atomic mass is 10.2. The number of nitrogens with one attached hydrogen (secondary N) is 1. The van der Waals surface area contributed by atoms with Gasteiger partial charge >= 0.3 is 6.18 Å². The molecular formula is C18H10ClF3N6. The minimum absolute atomic E-state index is 0.0253. The molecule has 0 saturated carbocycles. The van der Waals surface area contributed by atoms with Crippen molar-refractivity contribution < 1.29 is 13.2 Å². The summed E-state index contributed by atoms with van der Waals surface area (Å²) in [5.41, 5.74) is 1.12. The van der Waals surface area contributed by atoms with Gasteiger partial charge in [-0.15, -0.1) is 0 Å². The Bertz CT molecular complexity index is 1150. The van der Waals surface area contributed by atoms with Gasteiger partial charge in [0.2, 0.25) is 5.95 Å². The lowest BCUT2D eigenvalue weighted by molar-refractivity contribution is -0.138. The molecule has 0 spiro atoms. The Hall–Kier alpha value is -3.33. The summed E-state index contributed by atoms with van der Waals surface area (Å²) in [4.78, 5) is 20.4. The molecule has 1 N–H and O–H groups in total. The number of halogens is 4. The molecule has 0 unspecified atom stereocenters. The van der Waals surface area contributed by atoms with Crippen LogP contribution < -0.4 is 5.32 Å². The van der Waals surface area contributed by atoms with E-state index in [1.54, 1.807) is 36.5 Å². The van der Waals surface area contributed by atoms with E-state index in [1.807, 2.05) is 0 Å². The predicted octanol–water partition coefficient (Wildman–Crippen LogP) is 4.90. The van der Waals surface area contributed by atoms with Gasteiger partial charge in [-0.25, -0.2) is 19.9 Å². The molecule has 0 amide bonds. The van der Waals surface area contributed by atoms with Gasteiger partial charge in [-0.3, -0.25) is 4.98 Å². The molecule has 0 fully saturated rings. The quantitative estimate of drug-likeness (QED) is 0.525. The first-order valence-corrected chi connectivity index (χ1v) is 8.32. The average molecular weight is 403 g/mol. The van der Waals surface area contributed by atoms with E-state index in [1.165, 1.54) is 6.20 Å². The topological polar surface area (TPSA) is 76.5 Å². The largest absolute Gasteiger partial charge is 0.419 e. The van der Waals surface area contributed by atoms with Crippen LogP contribution in [0.2, 0.25) is 5.02 Å². The molecule has 0 saturated heterocycles. The smallest absolute Gasteiger partial charge is 0.323 e. The van der Waals surface area contributed by atoms with E-state index in [0.717, 1.165) is 12.4 Å². The van der Waals surface area contributed by atoms with Gasteiger partial charge in [0.25, 0.3) is 0 Å². The Morgan fingerprint density at radius 3 is 2.39 bits per heavy atom. The van der Waals surface area contributed by atoms with Gasteiger partial charge in [0.1, 0.15) is 5.69 Å². The number of rotatable bonds is 3. The summed E-state index contributed by atoms with van der Waals surface area (Å²) in [7, 11) is 0. The molecule has 0 aliphatic heterocycles. The van der Waals surface area contributed by atoms with Crippen LogP contribution in [0.4, 0.5) is 24.8 Å². The minimum atomic E-state index is -4.49. The van der Waals surface area contributed by atoms with Crippen LogP contribution in [-0.4, -0.2) is 24.9 Å². The average Bonchev–Trinajstić information content (AvgIpc) is 2.68. The Morgan fingerprint density at radius 2 is 1.68 bits per heavy atom. The molecule has 0 radical (unpaired) electrons. The van der Waals surface area contributed by atoms with Crippen LogP contribution >= 0.6 is 11.6 Å². The Balaban J connectivity index is 1.68. The first-order valence-electron chi connectivity index (χ1n) is 7.95. The van der Waals surface area contributed by atoms with Crippen molar-refractivity contribution in [2.75, 3.05) is 5.32 Å². The van der Waals surface area contributed by atoms with E-state index in [2.05, 4.69) is 30.2 Å². The van der Waals surface area contributed by atoms with Crippen LogP contribution in [0.15, 0.2) is 55.1 Å². The maximum absolute atomic E-state index is 12.6. The Morgan fingerprint density at radius 1 is 0.893 bits per heavy atom. The molecule has 0 bridgehead atoms. The number of aromatic nitrogens is 5. The first kappa shape index (κ1) is 18.1. The third-order valence-electron chi connectivity index (χ3n) is 3.83. The molecule has 0 aliphatic carbocycles. The predicted molar refractivity (Wildman–Crippen MR) is 98.1 cm³/mol. The fourth-order valence-corrected chi connectivity index (χ4v) is 2.72. The van der Waals surface area contributed by atoms with Crippen molar-refractivity contribution in [2.24, 2.45) is 0 Å². The zero-order chi connectivity index (χ0) is 19.7. The second-order valence-electron chi connectivity index (χ2n) is 5.68. The fourth-order valence-electron chi connectivity index (χ4n) is 2.50. The van der Waals surface area contributed by atoms with Gasteiger partial charge in [-0.05, 0) is 30.3 Å². The van der Waals surface area contributed by atoms with Gasteiger partial charge in [-0.1, -0.05) is 11.6 Å². The summed E-state index contributed by atoms with van der Waals surface area (Å²) in [5, 5.41) is 3.99. The Labute approximate surface area is 161 Å². The molecule has 140 valence electrons. The molecular weight excluding hydrogens is 393 g/mol. The van der Waals surface area contributed by atoms with Gasteiger partial charge < -0.3 is 5.32 Å². The first-order chi connectivity index (χ1) is 13.4. The highest BCUT2D eigenvalue weighted by atomic mass is 35.5. The number of nitrogens with zero attached hydrogens (tertiary/aromatic N) is 5. The molecule has 4 aromatic rings. The lowest BCUT2D eigenvalue weighted by Crippen LogP contribution is -2.07. The van der Waals surface area contributed by atoms with Crippen LogP contribution in [0, 0.1) is 0 Å². The van der Waals surface area contributed by atoms with Crippen molar-refractivity contribution >= 4 is 34.3 Å². The molecule has 6 nitrogen and oxygen atoms in total. The molecule has 4 aromatic heterocycles. The monoisotopic (exact) mass is 402 g/mol. The standard InChI is InChI=1S/C18H10ClF3N6/c19-12-2-1-6-23-15(12)14-4-3-11-13(5-7-24-16(11)27-14)28-17-25-8-10(9-26-17)18(20,21)22/h1-9H,(H,24,25,26,27,28). The van der Waals surface area contributed by atoms with Crippen LogP contribution in [0.5, 0.6) is 0 Å². The summed E-state index contributed by atoms with van der Waals surface area (Å²) in [6.07, 6.45) is 0.0806. The number of hydrogen-bond acceptors (Lipinski definition) is 6. The maximum atomic E-state index is 12.6. The van der Waals surface area contributed by atoms with Crippen molar-refractivity contribution in [3.05, 3.63) is 65.7 Å². The second-order valence-corrected chi connectivity index (χ2v) is 6.09. The van der Waals surface area contributed by atoms with Gasteiger partial charge in [0, 0.05) is 30.2 Å². The van der Waals surface area contributed by atoms with Gasteiger partial charge in [-0.2, -0.15) is 13.2 Å². The van der Waals surface area contributed by atoms with Crippen molar-refractivity contribution in [3.8, 4) is 11.4 Å². The molecule has 28 heavy (non-hydrogen) atoms. The van der Waals surface area contributed by atoms with Gasteiger partial charge in [0.15, 0.2) is 5.65 Å². The van der Waals surface area contributed by atoms with E-state index in [-0.39, 0.29) is 5.95 Å².